The Morgan fingerprint density at radius 1 is 0.227 bits per heavy atom. The number of rotatable bonds is 16. The van der Waals surface area contributed by atoms with Gasteiger partial charge in [-0.1, -0.05) is 243 Å². The summed E-state index contributed by atoms with van der Waals surface area (Å²) in [6.07, 6.45) is 0. The zero-order chi connectivity index (χ0) is 46.7. The molecule has 0 N–H and O–H groups in total. The first kappa shape index (κ1) is 48.8. The minimum Gasteiger partial charge on any atom is -0.430 e. The molecule has 4 nitrogen and oxygen atoms in total. The van der Waals surface area contributed by atoms with Gasteiger partial charge in [-0.2, -0.15) is 0 Å². The summed E-state index contributed by atoms with van der Waals surface area (Å²) in [5, 5.41) is 9.77. The normalized spacial score (nSPS) is 12.5. The van der Waals surface area contributed by atoms with Gasteiger partial charge in [-0.15, -0.1) is 0 Å². The molecule has 8 aromatic carbocycles. The third kappa shape index (κ3) is 11.5. The van der Waals surface area contributed by atoms with Gasteiger partial charge in [0.05, 0.1) is 0 Å². The first-order chi connectivity index (χ1) is 31.7. The van der Waals surface area contributed by atoms with Crippen LogP contribution in [-0.4, -0.2) is 50.4 Å². The van der Waals surface area contributed by atoms with E-state index in [2.05, 4.69) is 295 Å². The van der Waals surface area contributed by atoms with E-state index in [1.807, 2.05) is 0 Å². The van der Waals surface area contributed by atoms with Gasteiger partial charge in [-0.25, -0.2) is 0 Å². The van der Waals surface area contributed by atoms with Gasteiger partial charge >= 0.3 is 17.1 Å². The predicted octanol–water partition coefficient (Wildman–Crippen LogP) is 9.00. The zero-order valence-corrected chi connectivity index (χ0v) is 45.7. The van der Waals surface area contributed by atoms with Crippen LogP contribution in [0.3, 0.4) is 0 Å². The second-order valence-corrected chi connectivity index (χ2v) is 41.0. The lowest BCUT2D eigenvalue weighted by Crippen LogP contribution is -2.72. The Hall–Kier alpha value is -5.10. The summed E-state index contributed by atoms with van der Waals surface area (Å²) in [5.74, 6) is 0. The van der Waals surface area contributed by atoms with E-state index in [1.54, 1.807) is 0 Å². The quantitative estimate of drug-likeness (QED) is 0.0908. The van der Waals surface area contributed by atoms with Crippen molar-refractivity contribution in [3.05, 3.63) is 243 Å². The summed E-state index contributed by atoms with van der Waals surface area (Å²) in [5.41, 5.74) is 0. The molecule has 0 amide bonds. The fourth-order valence-corrected chi connectivity index (χ4v) is 34.9. The Labute approximate surface area is 400 Å². The van der Waals surface area contributed by atoms with Crippen molar-refractivity contribution in [1.82, 2.24) is 0 Å². The Kier molecular flexibility index (Phi) is 15.7. The molecule has 0 aliphatic carbocycles. The van der Waals surface area contributed by atoms with Crippen molar-refractivity contribution >= 4 is 91.9 Å². The van der Waals surface area contributed by atoms with E-state index in [0.29, 0.717) is 0 Å². The molecule has 336 valence electrons. The van der Waals surface area contributed by atoms with Gasteiger partial charge in [0.2, 0.25) is 25.0 Å². The average Bonchev–Trinajstić information content (AvgIpc) is 3.35. The van der Waals surface area contributed by atoms with Crippen molar-refractivity contribution < 1.29 is 16.5 Å². The standard InChI is InChI=1S/C33H34O2Si3.C23H30O2Si3/c1-36(29-19-9-4-10-20-29,30-21-11-5-12-22-30)34-38(3,33-27-17-8-18-28-33)35-37(2,31-23-13-6-14-24-31)32-25-15-7-16-26-32;1-26(2,3)24-28(22-17-11-7-12-18-22,23-19-13-8-14-20-23)25-27(4,5)21-15-9-6-10-16-21/h4-28H,1-3H3;6-20H,1-5H3. The van der Waals surface area contributed by atoms with Gasteiger partial charge in [-0.05, 0) is 93.9 Å². The molecule has 8 aromatic rings. The third-order valence-electron chi connectivity index (χ3n) is 12.0. The SMILES string of the molecule is C[Si](C)(C)O[Si](O[Si](C)(C)c1ccccc1)(c1ccccc1)c1ccccc1.C[Si](O[Si](C)(c1ccccc1)c1ccccc1)(O[Si](C)(c1ccccc1)c1ccccc1)c1ccccc1. The first-order valence-electron chi connectivity index (χ1n) is 22.9. The Morgan fingerprint density at radius 3 is 0.712 bits per heavy atom. The molecule has 0 aromatic heterocycles. The van der Waals surface area contributed by atoms with Gasteiger partial charge in [0.15, 0.2) is 8.32 Å². The molecule has 8 rings (SSSR count). The highest BCUT2D eigenvalue weighted by Crippen LogP contribution is 2.24. The van der Waals surface area contributed by atoms with Gasteiger partial charge in [0.1, 0.15) is 0 Å². The van der Waals surface area contributed by atoms with Crippen LogP contribution < -0.4 is 41.5 Å². The lowest BCUT2D eigenvalue weighted by atomic mass is 10.4. The van der Waals surface area contributed by atoms with Crippen LogP contribution in [0.4, 0.5) is 0 Å². The molecule has 0 unspecified atom stereocenters. The fraction of sp³-hybridized carbons (Fsp3) is 0.143. The molecule has 0 saturated carbocycles. The van der Waals surface area contributed by atoms with Gasteiger partial charge in [-0.3, -0.25) is 0 Å². The highest BCUT2D eigenvalue weighted by atomic mass is 28.5. The number of hydrogen-bond donors (Lipinski definition) is 0. The van der Waals surface area contributed by atoms with Gasteiger partial charge in [0.25, 0.3) is 0 Å². The van der Waals surface area contributed by atoms with E-state index in [0.717, 1.165) is 5.19 Å². The van der Waals surface area contributed by atoms with Crippen molar-refractivity contribution in [2.45, 2.75) is 52.4 Å². The maximum atomic E-state index is 7.61. The van der Waals surface area contributed by atoms with E-state index < -0.39 is 50.4 Å². The molecule has 0 saturated heterocycles. The fourth-order valence-electron chi connectivity index (χ4n) is 8.68. The van der Waals surface area contributed by atoms with Crippen LogP contribution in [0.25, 0.3) is 0 Å². The number of benzene rings is 8. The number of hydrogen-bond acceptors (Lipinski definition) is 4. The van der Waals surface area contributed by atoms with Crippen LogP contribution in [0.2, 0.25) is 52.4 Å². The van der Waals surface area contributed by atoms with E-state index in [1.165, 1.54) is 36.3 Å². The van der Waals surface area contributed by atoms with Crippen molar-refractivity contribution in [1.29, 1.82) is 0 Å². The molecule has 0 aliphatic heterocycles. The monoisotopic (exact) mass is 968 g/mol. The highest BCUT2D eigenvalue weighted by molar-refractivity contribution is 7.08. The second-order valence-electron chi connectivity index (χ2n) is 18.6. The zero-order valence-electron chi connectivity index (χ0n) is 39.7. The molecule has 66 heavy (non-hydrogen) atoms. The summed E-state index contributed by atoms with van der Waals surface area (Å²) in [4.78, 5) is 0. The van der Waals surface area contributed by atoms with Gasteiger partial charge in [0, 0.05) is 0 Å². The Morgan fingerprint density at radius 2 is 0.455 bits per heavy atom. The van der Waals surface area contributed by atoms with Crippen LogP contribution in [0.1, 0.15) is 0 Å². The summed E-state index contributed by atoms with van der Waals surface area (Å²) in [6.45, 7) is 18.2. The van der Waals surface area contributed by atoms with Crippen LogP contribution in [0.15, 0.2) is 243 Å². The lowest BCUT2D eigenvalue weighted by Gasteiger charge is -2.43. The Bertz CT molecular complexity index is 2470. The maximum absolute atomic E-state index is 7.61. The Balaban J connectivity index is 0.000000206. The van der Waals surface area contributed by atoms with Crippen LogP contribution in [-0.2, 0) is 16.5 Å². The highest BCUT2D eigenvalue weighted by Gasteiger charge is 2.52. The molecular weight excluding hydrogens is 905 g/mol. The van der Waals surface area contributed by atoms with Crippen molar-refractivity contribution in [3.63, 3.8) is 0 Å². The topological polar surface area (TPSA) is 36.9 Å². The molecule has 0 atom stereocenters. The van der Waals surface area contributed by atoms with E-state index in [4.69, 9.17) is 16.5 Å². The van der Waals surface area contributed by atoms with E-state index in [-0.39, 0.29) is 0 Å². The molecule has 0 heterocycles. The smallest absolute Gasteiger partial charge is 0.386 e. The van der Waals surface area contributed by atoms with E-state index in [9.17, 15) is 0 Å². The summed E-state index contributed by atoms with van der Waals surface area (Å²) < 4.78 is 29.5. The minimum absolute atomic E-state index is 1.15. The van der Waals surface area contributed by atoms with Crippen molar-refractivity contribution in [3.8, 4) is 0 Å². The average molecular weight is 970 g/mol. The molecular formula is C56H64O4Si6. The van der Waals surface area contributed by atoms with Crippen molar-refractivity contribution in [2.24, 2.45) is 0 Å². The molecule has 0 radical (unpaired) electrons. The summed E-state index contributed by atoms with van der Waals surface area (Å²) in [7, 11) is -15.3. The van der Waals surface area contributed by atoms with Crippen molar-refractivity contribution in [2.75, 3.05) is 0 Å². The van der Waals surface area contributed by atoms with Crippen LogP contribution in [0, 0.1) is 0 Å². The maximum Gasteiger partial charge on any atom is 0.386 e. The van der Waals surface area contributed by atoms with Crippen LogP contribution in [0.5, 0.6) is 0 Å². The summed E-state index contributed by atoms with van der Waals surface area (Å²) >= 11 is 0. The van der Waals surface area contributed by atoms with Crippen LogP contribution >= 0.6 is 0 Å². The molecule has 0 bridgehead atoms. The predicted molar refractivity (Wildman–Crippen MR) is 294 cm³/mol. The minimum atomic E-state index is -3.00. The summed E-state index contributed by atoms with van der Waals surface area (Å²) in [6, 6.07) is 85.3. The largest absolute Gasteiger partial charge is 0.430 e. The second kappa shape index (κ2) is 21.2. The van der Waals surface area contributed by atoms with E-state index >= 15 is 0 Å². The molecule has 0 fully saturated rings. The van der Waals surface area contributed by atoms with Gasteiger partial charge < -0.3 is 16.5 Å². The lowest BCUT2D eigenvalue weighted by molar-refractivity contribution is 0.414. The molecule has 0 spiro atoms. The first-order valence-corrected chi connectivity index (χ1v) is 38.2. The third-order valence-corrected chi connectivity index (χ3v) is 36.2. The molecule has 10 heteroatoms. The molecule has 0 aliphatic rings.